The average Bonchev–Trinajstić information content (AvgIpc) is 2.63. The number of nitrogens with one attached hydrogen (secondary N) is 1. The largest absolute Gasteiger partial charge is 0.413 e. The van der Waals surface area contributed by atoms with Gasteiger partial charge >= 0.3 is 0 Å². The van der Waals surface area contributed by atoms with Crippen LogP contribution in [0.25, 0.3) is 0 Å². The number of ketones is 1. The fraction of sp³-hybridized carbons (Fsp3) is 0.438. The van der Waals surface area contributed by atoms with E-state index in [-0.39, 0.29) is 5.78 Å². The second-order valence-corrected chi connectivity index (χ2v) is 4.65. The van der Waals surface area contributed by atoms with Crippen LogP contribution in [-0.4, -0.2) is 24.0 Å². The molecular weight excluding hydrogens is 254 g/mol. The van der Waals surface area contributed by atoms with E-state index in [0.29, 0.717) is 18.5 Å². The summed E-state index contributed by atoms with van der Waals surface area (Å²) in [4.78, 5) is 17.0. The molecule has 20 heavy (non-hydrogen) atoms. The number of hydrogen-bond donors (Lipinski definition) is 2. The lowest BCUT2D eigenvalue weighted by Gasteiger charge is -2.10. The van der Waals surface area contributed by atoms with Gasteiger partial charge in [0.05, 0.1) is 0 Å². The van der Waals surface area contributed by atoms with Gasteiger partial charge in [0.1, 0.15) is 12.4 Å². The number of carbonyl (C=O) groups excluding carboxylic acids is 1. The van der Waals surface area contributed by atoms with Crippen LogP contribution in [0.15, 0.2) is 47.3 Å². The fourth-order valence-corrected chi connectivity index (χ4v) is 1.85. The molecule has 110 valence electrons. The highest BCUT2D eigenvalue weighted by Gasteiger charge is 2.13. The summed E-state index contributed by atoms with van der Waals surface area (Å²) in [6, 6.07) is 0. The lowest BCUT2D eigenvalue weighted by molar-refractivity contribution is -0.117. The molecule has 0 aromatic heterocycles. The monoisotopic (exact) mass is 277 g/mol. The zero-order valence-electron chi connectivity index (χ0n) is 12.2. The first kappa shape index (κ1) is 16.4. The van der Waals surface area contributed by atoms with Crippen LogP contribution >= 0.6 is 0 Å². The highest BCUT2D eigenvalue weighted by Crippen LogP contribution is 2.20. The van der Waals surface area contributed by atoms with Gasteiger partial charge < -0.3 is 9.94 Å². The smallest absolute Gasteiger partial charge is 0.188 e. The molecule has 0 aliphatic heterocycles. The summed E-state index contributed by atoms with van der Waals surface area (Å²) < 4.78 is 0. The Hall–Kier alpha value is -1.65. The SMILES string of the molecule is CCC/C=C\CNOC1=CC=CC(C(=O)CO)=C(C)C1. The van der Waals surface area contributed by atoms with Gasteiger partial charge in [-0.1, -0.05) is 43.2 Å². The van der Waals surface area contributed by atoms with Crippen LogP contribution in [0.1, 0.15) is 33.1 Å². The topological polar surface area (TPSA) is 58.6 Å². The van der Waals surface area contributed by atoms with Gasteiger partial charge in [-0.25, -0.2) is 0 Å². The van der Waals surface area contributed by atoms with E-state index in [2.05, 4.69) is 18.5 Å². The van der Waals surface area contributed by atoms with E-state index in [9.17, 15) is 4.79 Å². The van der Waals surface area contributed by atoms with Crippen LogP contribution in [0.5, 0.6) is 0 Å². The van der Waals surface area contributed by atoms with Crippen LogP contribution in [0.3, 0.4) is 0 Å². The number of allylic oxidation sites excluding steroid dienone is 5. The van der Waals surface area contributed by atoms with Gasteiger partial charge in [-0.2, -0.15) is 5.48 Å². The summed E-state index contributed by atoms with van der Waals surface area (Å²) in [6.45, 7) is 4.19. The van der Waals surface area contributed by atoms with Gasteiger partial charge in [-0.15, -0.1) is 0 Å². The van der Waals surface area contributed by atoms with Gasteiger partial charge in [0, 0.05) is 18.5 Å². The van der Waals surface area contributed by atoms with Crippen molar-refractivity contribution in [2.45, 2.75) is 33.1 Å². The number of hydroxylamine groups is 1. The Morgan fingerprint density at radius 3 is 3.00 bits per heavy atom. The zero-order chi connectivity index (χ0) is 14.8. The Morgan fingerprint density at radius 2 is 2.30 bits per heavy atom. The maximum absolute atomic E-state index is 11.5. The Labute approximate surface area is 120 Å². The number of hydrogen-bond acceptors (Lipinski definition) is 4. The lowest BCUT2D eigenvalue weighted by atomic mass is 10.0. The molecule has 0 atom stereocenters. The van der Waals surface area contributed by atoms with Crippen LogP contribution in [-0.2, 0) is 9.63 Å². The molecule has 1 aliphatic rings. The van der Waals surface area contributed by atoms with E-state index in [1.165, 1.54) is 0 Å². The van der Waals surface area contributed by atoms with Crippen molar-refractivity contribution in [1.29, 1.82) is 0 Å². The molecule has 0 aromatic rings. The molecule has 1 rings (SSSR count). The predicted octanol–water partition coefficient (Wildman–Crippen LogP) is 2.59. The van der Waals surface area contributed by atoms with Gasteiger partial charge in [-0.3, -0.25) is 4.79 Å². The quantitative estimate of drug-likeness (QED) is 0.407. The molecule has 0 bridgehead atoms. The molecule has 0 fully saturated rings. The molecule has 0 spiro atoms. The third kappa shape index (κ3) is 5.55. The predicted molar refractivity (Wildman–Crippen MR) is 79.8 cm³/mol. The second kappa shape index (κ2) is 9.28. The van der Waals surface area contributed by atoms with Crippen molar-refractivity contribution in [3.05, 3.63) is 47.3 Å². The molecule has 0 heterocycles. The summed E-state index contributed by atoms with van der Waals surface area (Å²) in [7, 11) is 0. The standard InChI is InChI=1S/C16H23NO3/c1-3-4-5-6-10-17-20-14-8-7-9-15(13(2)11-14)16(19)12-18/h5-9,17-18H,3-4,10-12H2,1-2H3/b6-5-. The Kier molecular flexibility index (Phi) is 7.62. The number of Topliss-reactive ketones (excluding diaryl/α,β-unsaturated/α-hetero) is 1. The summed E-state index contributed by atoms with van der Waals surface area (Å²) >= 11 is 0. The zero-order valence-corrected chi connectivity index (χ0v) is 12.2. The van der Waals surface area contributed by atoms with Gasteiger partial charge in [0.25, 0.3) is 0 Å². The summed E-state index contributed by atoms with van der Waals surface area (Å²) in [5.74, 6) is 0.493. The van der Waals surface area contributed by atoms with Crippen LogP contribution in [0.4, 0.5) is 0 Å². The van der Waals surface area contributed by atoms with Gasteiger partial charge in [0.15, 0.2) is 5.78 Å². The fourth-order valence-electron chi connectivity index (χ4n) is 1.85. The number of unbranched alkanes of at least 4 members (excludes halogenated alkanes) is 1. The molecular formula is C16H23NO3. The number of carbonyl (C=O) groups is 1. The van der Waals surface area contributed by atoms with E-state index in [0.717, 1.165) is 24.2 Å². The molecule has 2 N–H and O–H groups in total. The molecule has 0 unspecified atom stereocenters. The van der Waals surface area contributed by atoms with Crippen molar-refractivity contribution < 1.29 is 14.7 Å². The molecule has 4 heteroatoms. The van der Waals surface area contributed by atoms with Crippen molar-refractivity contribution in [3.63, 3.8) is 0 Å². The third-order valence-electron chi connectivity index (χ3n) is 2.91. The Morgan fingerprint density at radius 1 is 1.50 bits per heavy atom. The molecule has 0 aromatic carbocycles. The van der Waals surface area contributed by atoms with E-state index in [1.54, 1.807) is 12.2 Å². The van der Waals surface area contributed by atoms with Crippen LogP contribution < -0.4 is 5.48 Å². The molecule has 0 amide bonds. The average molecular weight is 277 g/mol. The summed E-state index contributed by atoms with van der Waals surface area (Å²) in [5, 5.41) is 8.92. The van der Waals surface area contributed by atoms with Gasteiger partial charge in [0.2, 0.25) is 0 Å². The maximum Gasteiger partial charge on any atom is 0.188 e. The van der Waals surface area contributed by atoms with E-state index in [1.807, 2.05) is 19.1 Å². The highest BCUT2D eigenvalue weighted by molar-refractivity contribution is 5.99. The minimum absolute atomic E-state index is 0.260. The molecule has 0 saturated heterocycles. The minimum atomic E-state index is -0.465. The minimum Gasteiger partial charge on any atom is -0.413 e. The van der Waals surface area contributed by atoms with Gasteiger partial charge in [-0.05, 0) is 19.4 Å². The Bertz CT molecular complexity index is 445. The van der Waals surface area contributed by atoms with Crippen molar-refractivity contribution in [2.24, 2.45) is 0 Å². The molecule has 0 saturated carbocycles. The Balaban J connectivity index is 2.47. The van der Waals surface area contributed by atoms with Crippen LogP contribution in [0, 0.1) is 0 Å². The third-order valence-corrected chi connectivity index (χ3v) is 2.91. The first-order valence-electron chi connectivity index (χ1n) is 6.94. The molecule has 1 aliphatic carbocycles. The van der Waals surface area contributed by atoms with E-state index in [4.69, 9.17) is 9.94 Å². The van der Waals surface area contributed by atoms with Crippen molar-refractivity contribution >= 4 is 5.78 Å². The first-order chi connectivity index (χ1) is 9.69. The molecule has 0 radical (unpaired) electrons. The number of aliphatic hydroxyl groups excluding tert-OH is 1. The van der Waals surface area contributed by atoms with Crippen molar-refractivity contribution in [2.75, 3.05) is 13.2 Å². The van der Waals surface area contributed by atoms with Crippen molar-refractivity contribution in [1.82, 2.24) is 5.48 Å². The second-order valence-electron chi connectivity index (χ2n) is 4.65. The van der Waals surface area contributed by atoms with E-state index < -0.39 is 6.61 Å². The summed E-state index contributed by atoms with van der Waals surface area (Å²) in [5.41, 5.74) is 4.33. The summed E-state index contributed by atoms with van der Waals surface area (Å²) in [6.07, 6.45) is 12.2. The van der Waals surface area contributed by atoms with Crippen LogP contribution in [0.2, 0.25) is 0 Å². The van der Waals surface area contributed by atoms with Crippen molar-refractivity contribution in [3.8, 4) is 0 Å². The maximum atomic E-state index is 11.5. The number of rotatable bonds is 8. The number of aliphatic hydroxyl groups is 1. The highest BCUT2D eigenvalue weighted by atomic mass is 16.6. The lowest BCUT2D eigenvalue weighted by Crippen LogP contribution is -2.14. The normalized spacial score (nSPS) is 15.4. The van der Waals surface area contributed by atoms with E-state index >= 15 is 0 Å². The first-order valence-corrected chi connectivity index (χ1v) is 6.94. The molecule has 4 nitrogen and oxygen atoms in total.